The van der Waals surface area contributed by atoms with Gasteiger partial charge in [0.15, 0.2) is 17.5 Å². The number of furan rings is 1. The Morgan fingerprint density at radius 3 is 1.78 bits per heavy atom. The van der Waals surface area contributed by atoms with Gasteiger partial charge in [-0.25, -0.2) is 15.0 Å². The van der Waals surface area contributed by atoms with Crippen LogP contribution in [-0.4, -0.2) is 29.9 Å². The first kappa shape index (κ1) is 30.1. The first-order valence-electron chi connectivity index (χ1n) is 17.8. The van der Waals surface area contributed by atoms with Crippen LogP contribution in [0, 0.1) is 0 Å². The number of benzene rings is 8. The molecule has 0 radical (unpaired) electrons. The Morgan fingerprint density at radius 1 is 0.389 bits per heavy atom. The maximum absolute atomic E-state index is 6.27. The number of para-hydroxylation sites is 2. The maximum atomic E-state index is 6.27. The molecule has 0 saturated carbocycles. The van der Waals surface area contributed by atoms with E-state index in [1.165, 1.54) is 0 Å². The molecule has 7 heteroatoms. The minimum Gasteiger partial charge on any atom is -0.456 e. The SMILES string of the molecule is c1ccc(-c2ccc(-c3nc(-c4ccc5c(c4)oc4ccccc45)nc(-c4ccc5ccc6ccc7nn(-c8ccccc8)nc7c6c5c4)n3)cc2)cc1. The fourth-order valence-electron chi connectivity index (χ4n) is 7.40. The van der Waals surface area contributed by atoms with Crippen molar-refractivity contribution in [3.63, 3.8) is 0 Å². The van der Waals surface area contributed by atoms with Crippen LogP contribution < -0.4 is 0 Å². The van der Waals surface area contributed by atoms with Crippen molar-refractivity contribution in [2.24, 2.45) is 0 Å². The van der Waals surface area contributed by atoms with Crippen molar-refractivity contribution in [2.75, 3.05) is 0 Å². The van der Waals surface area contributed by atoms with Crippen LogP contribution in [0.4, 0.5) is 0 Å². The first-order valence-corrected chi connectivity index (χ1v) is 17.8. The van der Waals surface area contributed by atoms with Gasteiger partial charge in [0.25, 0.3) is 0 Å². The molecule has 0 spiro atoms. The molecule has 11 rings (SSSR count). The summed E-state index contributed by atoms with van der Waals surface area (Å²) in [6.07, 6.45) is 0. The van der Waals surface area contributed by atoms with Gasteiger partial charge >= 0.3 is 0 Å². The minimum atomic E-state index is 0.565. The van der Waals surface area contributed by atoms with E-state index in [9.17, 15) is 0 Å². The van der Waals surface area contributed by atoms with E-state index in [0.29, 0.717) is 17.5 Å². The normalized spacial score (nSPS) is 11.7. The standard InChI is InChI=1S/C47H28N6O/c1-3-9-29(10-4-1)30-15-20-33(21-16-30)45-48-46(50-47(49-45)35-23-25-38-37-13-7-8-14-41(37)54-42(38)28-35)34-22-18-31-17-19-32-24-26-40-44(43(32)39(31)27-34)52-53(51-40)36-11-5-2-6-12-36/h1-28H. The molecule has 8 aromatic carbocycles. The summed E-state index contributed by atoms with van der Waals surface area (Å²) in [7, 11) is 0. The summed E-state index contributed by atoms with van der Waals surface area (Å²) in [6.45, 7) is 0. The smallest absolute Gasteiger partial charge is 0.164 e. The molecule has 3 heterocycles. The summed E-state index contributed by atoms with van der Waals surface area (Å²) in [6, 6.07) is 57.8. The summed E-state index contributed by atoms with van der Waals surface area (Å²) in [4.78, 5) is 17.0. The van der Waals surface area contributed by atoms with Gasteiger partial charge in [-0.15, -0.1) is 10.2 Å². The zero-order valence-corrected chi connectivity index (χ0v) is 28.8. The molecule has 0 amide bonds. The van der Waals surface area contributed by atoms with Crippen LogP contribution >= 0.6 is 0 Å². The lowest BCUT2D eigenvalue weighted by molar-refractivity contribution is 0.669. The van der Waals surface area contributed by atoms with Crippen molar-refractivity contribution >= 4 is 54.5 Å². The molecule has 0 unspecified atom stereocenters. The maximum Gasteiger partial charge on any atom is 0.164 e. The third kappa shape index (κ3) is 5.02. The second kappa shape index (κ2) is 12.0. The molecule has 0 fully saturated rings. The van der Waals surface area contributed by atoms with E-state index >= 15 is 0 Å². The van der Waals surface area contributed by atoms with Gasteiger partial charge in [-0.1, -0.05) is 127 Å². The Hall–Kier alpha value is -7.51. The Bertz CT molecular complexity index is 3210. The van der Waals surface area contributed by atoms with Crippen molar-refractivity contribution < 1.29 is 4.42 Å². The van der Waals surface area contributed by atoms with Crippen molar-refractivity contribution in [1.29, 1.82) is 0 Å². The van der Waals surface area contributed by atoms with E-state index in [-0.39, 0.29) is 0 Å². The Kier molecular flexibility index (Phi) is 6.72. The number of aromatic nitrogens is 6. The van der Waals surface area contributed by atoms with E-state index in [1.54, 1.807) is 4.80 Å². The van der Waals surface area contributed by atoms with E-state index in [4.69, 9.17) is 29.6 Å². The van der Waals surface area contributed by atoms with E-state index < -0.39 is 0 Å². The van der Waals surface area contributed by atoms with Crippen LogP contribution in [0.15, 0.2) is 174 Å². The molecule has 0 aliphatic heterocycles. The summed E-state index contributed by atoms with van der Waals surface area (Å²) in [5.41, 5.74) is 9.11. The van der Waals surface area contributed by atoms with Crippen LogP contribution in [0.2, 0.25) is 0 Å². The minimum absolute atomic E-state index is 0.565. The van der Waals surface area contributed by atoms with Crippen LogP contribution in [0.1, 0.15) is 0 Å². The van der Waals surface area contributed by atoms with Crippen molar-refractivity contribution in [3.05, 3.63) is 170 Å². The van der Waals surface area contributed by atoms with Gasteiger partial charge in [-0.3, -0.25) is 0 Å². The van der Waals surface area contributed by atoms with Gasteiger partial charge < -0.3 is 4.42 Å². The number of fused-ring (bicyclic) bond motifs is 8. The fraction of sp³-hybridized carbons (Fsp3) is 0. The van der Waals surface area contributed by atoms with E-state index in [2.05, 4.69) is 103 Å². The van der Waals surface area contributed by atoms with Gasteiger partial charge in [0.2, 0.25) is 0 Å². The number of rotatable bonds is 5. The van der Waals surface area contributed by atoms with Gasteiger partial charge in [-0.05, 0) is 69.8 Å². The number of nitrogens with zero attached hydrogens (tertiary/aromatic N) is 6. The quantitative estimate of drug-likeness (QED) is 0.167. The van der Waals surface area contributed by atoms with Crippen LogP contribution in [0.25, 0.3) is 105 Å². The summed E-state index contributed by atoms with van der Waals surface area (Å²) < 4.78 is 6.27. The highest BCUT2D eigenvalue weighted by Gasteiger charge is 2.17. The Labute approximate surface area is 308 Å². The summed E-state index contributed by atoms with van der Waals surface area (Å²) in [5.74, 6) is 1.73. The van der Waals surface area contributed by atoms with Gasteiger partial charge in [0, 0.05) is 32.8 Å². The van der Waals surface area contributed by atoms with Gasteiger partial charge in [0.05, 0.1) is 5.69 Å². The predicted octanol–water partition coefficient (Wildman–Crippen LogP) is 11.5. The highest BCUT2D eigenvalue weighted by molar-refractivity contribution is 6.18. The molecule has 0 bridgehead atoms. The monoisotopic (exact) mass is 692 g/mol. The zero-order valence-electron chi connectivity index (χ0n) is 28.8. The number of hydrogen-bond acceptors (Lipinski definition) is 6. The molecule has 0 N–H and O–H groups in total. The third-order valence-electron chi connectivity index (χ3n) is 10.1. The zero-order chi connectivity index (χ0) is 35.6. The van der Waals surface area contributed by atoms with E-state index in [0.717, 1.165) is 88.0 Å². The average molecular weight is 693 g/mol. The second-order valence-corrected chi connectivity index (χ2v) is 13.4. The highest BCUT2D eigenvalue weighted by Crippen LogP contribution is 2.36. The average Bonchev–Trinajstić information content (AvgIpc) is 3.86. The van der Waals surface area contributed by atoms with Gasteiger partial charge in [0.1, 0.15) is 22.2 Å². The molecule has 54 heavy (non-hydrogen) atoms. The van der Waals surface area contributed by atoms with Crippen LogP contribution in [0.5, 0.6) is 0 Å². The lowest BCUT2D eigenvalue weighted by Gasteiger charge is -2.11. The molecule has 0 atom stereocenters. The predicted molar refractivity (Wildman–Crippen MR) is 216 cm³/mol. The fourth-order valence-corrected chi connectivity index (χ4v) is 7.40. The number of hydrogen-bond donors (Lipinski definition) is 0. The summed E-state index contributed by atoms with van der Waals surface area (Å²) in [5, 5.41) is 16.2. The molecular formula is C47H28N6O. The molecule has 11 aromatic rings. The van der Waals surface area contributed by atoms with Crippen molar-refractivity contribution in [2.45, 2.75) is 0 Å². The van der Waals surface area contributed by atoms with Crippen molar-refractivity contribution in [3.8, 4) is 51.0 Å². The third-order valence-corrected chi connectivity index (χ3v) is 10.1. The molecule has 3 aromatic heterocycles. The second-order valence-electron chi connectivity index (χ2n) is 13.4. The molecule has 7 nitrogen and oxygen atoms in total. The molecule has 0 aliphatic rings. The Balaban J connectivity index is 1.10. The van der Waals surface area contributed by atoms with Gasteiger partial charge in [-0.2, -0.15) is 4.80 Å². The first-order chi connectivity index (χ1) is 26.7. The molecule has 0 saturated heterocycles. The topological polar surface area (TPSA) is 82.5 Å². The molecular weight excluding hydrogens is 665 g/mol. The van der Waals surface area contributed by atoms with Crippen LogP contribution in [0.3, 0.4) is 0 Å². The lowest BCUT2D eigenvalue weighted by Crippen LogP contribution is -2.00. The van der Waals surface area contributed by atoms with E-state index in [1.807, 2.05) is 66.7 Å². The summed E-state index contributed by atoms with van der Waals surface area (Å²) >= 11 is 0. The molecule has 252 valence electrons. The Morgan fingerprint density at radius 2 is 0.963 bits per heavy atom. The van der Waals surface area contributed by atoms with Crippen LogP contribution in [-0.2, 0) is 0 Å². The van der Waals surface area contributed by atoms with Crippen molar-refractivity contribution in [1.82, 2.24) is 29.9 Å². The molecule has 0 aliphatic carbocycles. The lowest BCUT2D eigenvalue weighted by atomic mass is 9.98. The highest BCUT2D eigenvalue weighted by atomic mass is 16.3. The largest absolute Gasteiger partial charge is 0.456 e.